The van der Waals surface area contributed by atoms with Crippen LogP contribution in [0.4, 0.5) is 4.39 Å². The van der Waals surface area contributed by atoms with Gasteiger partial charge in [-0.25, -0.2) is 12.8 Å². The lowest BCUT2D eigenvalue weighted by Crippen LogP contribution is -2.38. The van der Waals surface area contributed by atoms with Gasteiger partial charge in [0.2, 0.25) is 14.8 Å². The first-order chi connectivity index (χ1) is 8.37. The van der Waals surface area contributed by atoms with Crippen LogP contribution in [0, 0.1) is 0 Å². The Morgan fingerprint density at radius 1 is 1.39 bits per heavy atom. The van der Waals surface area contributed by atoms with E-state index in [0.717, 1.165) is 7.11 Å². The number of halogens is 1. The van der Waals surface area contributed by atoms with Crippen molar-refractivity contribution in [1.82, 2.24) is 0 Å². The first-order valence-electron chi connectivity index (χ1n) is 5.03. The Balaban J connectivity index is 3.19. The van der Waals surface area contributed by atoms with Gasteiger partial charge >= 0.3 is 5.97 Å². The molecule has 4 nitrogen and oxygen atoms in total. The number of benzene rings is 1. The Bertz CT molecular complexity index is 515. The van der Waals surface area contributed by atoms with Gasteiger partial charge in [0.05, 0.1) is 18.4 Å². The molecule has 0 fully saturated rings. The predicted molar refractivity (Wildman–Crippen MR) is 68.0 cm³/mol. The first kappa shape index (κ1) is 15.0. The van der Waals surface area contributed by atoms with Crippen molar-refractivity contribution in [2.45, 2.75) is 16.3 Å². The lowest BCUT2D eigenvalue weighted by molar-refractivity contribution is -0.142. The third-order valence-corrected chi connectivity index (χ3v) is 5.27. The topological polar surface area (TPSA) is 60.4 Å². The van der Waals surface area contributed by atoms with Gasteiger partial charge in [-0.3, -0.25) is 4.79 Å². The molecule has 0 spiro atoms. The molecule has 0 aliphatic carbocycles. The highest BCUT2D eigenvalue weighted by Crippen LogP contribution is 2.32. The summed E-state index contributed by atoms with van der Waals surface area (Å²) in [6.45, 7) is 0. The van der Waals surface area contributed by atoms with E-state index in [-0.39, 0.29) is 4.90 Å². The minimum atomic E-state index is -4.30. The van der Waals surface area contributed by atoms with Gasteiger partial charge in [-0.1, -0.05) is 18.2 Å². The van der Waals surface area contributed by atoms with Crippen molar-refractivity contribution in [3.8, 4) is 0 Å². The van der Waals surface area contributed by atoms with Crippen molar-refractivity contribution in [3.05, 3.63) is 30.3 Å². The second kappa shape index (κ2) is 5.71. The van der Waals surface area contributed by atoms with Crippen LogP contribution in [0.2, 0.25) is 0 Å². The van der Waals surface area contributed by atoms with Crippen LogP contribution in [0.5, 0.6) is 0 Å². The average molecular weight is 292 g/mol. The number of sulfone groups is 1. The number of thiol groups is 1. The molecule has 0 saturated carbocycles. The minimum absolute atomic E-state index is 0.189. The highest BCUT2D eigenvalue weighted by molar-refractivity contribution is 7.93. The van der Waals surface area contributed by atoms with Crippen LogP contribution in [-0.2, 0) is 19.4 Å². The van der Waals surface area contributed by atoms with Crippen molar-refractivity contribution >= 4 is 28.4 Å². The van der Waals surface area contributed by atoms with Crippen LogP contribution in [0.25, 0.3) is 0 Å². The number of ether oxygens (including phenoxy) is 1. The summed E-state index contributed by atoms with van der Waals surface area (Å²) in [5, 5.41) is -2.77. The van der Waals surface area contributed by atoms with Gasteiger partial charge < -0.3 is 4.74 Å². The van der Waals surface area contributed by atoms with Crippen molar-refractivity contribution in [2.75, 3.05) is 12.9 Å². The number of alkyl halides is 1. The number of rotatable bonds is 5. The Hall–Kier alpha value is -1.08. The molecule has 0 N–H and O–H groups in total. The summed E-state index contributed by atoms with van der Waals surface area (Å²) in [6, 6.07) is 7.10. The van der Waals surface area contributed by atoms with Gasteiger partial charge in [0.25, 0.3) is 0 Å². The molecule has 0 aliphatic rings. The summed E-state index contributed by atoms with van der Waals surface area (Å²) in [7, 11) is -3.23. The maximum atomic E-state index is 14.5. The highest BCUT2D eigenvalue weighted by atomic mass is 32.2. The molecule has 1 atom stereocenters. The molecule has 1 unspecified atom stereocenters. The molecule has 7 heteroatoms. The second-order valence-corrected chi connectivity index (χ2v) is 6.14. The quantitative estimate of drug-likeness (QED) is 0.662. The van der Waals surface area contributed by atoms with E-state index in [1.807, 2.05) is 0 Å². The van der Waals surface area contributed by atoms with E-state index in [1.54, 1.807) is 6.07 Å². The summed E-state index contributed by atoms with van der Waals surface area (Å²) in [5.41, 5.74) is 0. The third-order valence-electron chi connectivity index (χ3n) is 2.41. The number of esters is 1. The van der Waals surface area contributed by atoms with E-state index < -0.39 is 33.0 Å². The smallest absolute Gasteiger partial charge is 0.309 e. The van der Waals surface area contributed by atoms with Crippen molar-refractivity contribution in [3.63, 3.8) is 0 Å². The van der Waals surface area contributed by atoms with Gasteiger partial charge in [0.15, 0.2) is 0 Å². The molecular formula is C11H13FO4S2. The minimum Gasteiger partial charge on any atom is -0.469 e. The van der Waals surface area contributed by atoms with Crippen LogP contribution < -0.4 is 0 Å². The maximum Gasteiger partial charge on any atom is 0.309 e. The molecule has 0 heterocycles. The van der Waals surface area contributed by atoms with Crippen molar-refractivity contribution in [2.24, 2.45) is 0 Å². The van der Waals surface area contributed by atoms with Crippen molar-refractivity contribution < 1.29 is 22.3 Å². The average Bonchev–Trinajstić information content (AvgIpc) is 2.39. The van der Waals surface area contributed by atoms with E-state index in [9.17, 15) is 17.6 Å². The Morgan fingerprint density at radius 2 is 1.94 bits per heavy atom. The third kappa shape index (κ3) is 2.84. The Labute approximate surface area is 110 Å². The highest BCUT2D eigenvalue weighted by Gasteiger charge is 2.46. The summed E-state index contributed by atoms with van der Waals surface area (Å²) in [6.07, 6.45) is -0.885. The van der Waals surface area contributed by atoms with Crippen LogP contribution in [0.3, 0.4) is 0 Å². The second-order valence-electron chi connectivity index (χ2n) is 3.61. The molecule has 0 radical (unpaired) electrons. The standard InChI is InChI=1S/C11H13FO4S2/c1-16-10(13)7-11(12,8-17)18(14,15)9-5-3-2-4-6-9/h2-6,17H,7-8H2,1H3. The Morgan fingerprint density at radius 3 is 2.39 bits per heavy atom. The molecule has 0 aliphatic heterocycles. The Kier molecular flexibility index (Phi) is 4.75. The van der Waals surface area contributed by atoms with E-state index >= 15 is 0 Å². The van der Waals surface area contributed by atoms with Crippen LogP contribution in [0.15, 0.2) is 35.2 Å². The molecular weight excluding hydrogens is 279 g/mol. The summed E-state index contributed by atoms with van der Waals surface area (Å²) < 4.78 is 43.0. The number of methoxy groups -OCH3 is 1. The number of carbonyl (C=O) groups is 1. The molecule has 0 amide bonds. The molecule has 0 saturated heterocycles. The lowest BCUT2D eigenvalue weighted by atomic mass is 10.3. The monoisotopic (exact) mass is 292 g/mol. The van der Waals surface area contributed by atoms with Gasteiger partial charge in [0.1, 0.15) is 0 Å². The normalized spacial score (nSPS) is 14.8. The van der Waals surface area contributed by atoms with Gasteiger partial charge in [0, 0.05) is 5.75 Å². The first-order valence-corrected chi connectivity index (χ1v) is 7.15. The number of hydrogen-bond donors (Lipinski definition) is 1. The zero-order valence-electron chi connectivity index (χ0n) is 9.67. The fraction of sp³-hybridized carbons (Fsp3) is 0.364. The predicted octanol–water partition coefficient (Wildman–Crippen LogP) is 1.62. The van der Waals surface area contributed by atoms with E-state index in [1.165, 1.54) is 24.3 Å². The largest absolute Gasteiger partial charge is 0.469 e. The maximum absolute atomic E-state index is 14.5. The van der Waals surface area contributed by atoms with Crippen LogP contribution in [-0.4, -0.2) is 32.3 Å². The SMILES string of the molecule is COC(=O)CC(F)(CS)S(=O)(=O)c1ccccc1. The van der Waals surface area contributed by atoms with E-state index in [4.69, 9.17) is 0 Å². The molecule has 100 valence electrons. The zero-order valence-corrected chi connectivity index (χ0v) is 11.4. The summed E-state index contributed by atoms with van der Waals surface area (Å²) >= 11 is 3.70. The number of hydrogen-bond acceptors (Lipinski definition) is 5. The fourth-order valence-electron chi connectivity index (χ4n) is 1.33. The van der Waals surface area contributed by atoms with E-state index in [0.29, 0.717) is 0 Å². The van der Waals surface area contributed by atoms with Crippen LogP contribution >= 0.6 is 12.6 Å². The van der Waals surface area contributed by atoms with Crippen LogP contribution in [0.1, 0.15) is 6.42 Å². The van der Waals surface area contributed by atoms with Gasteiger partial charge in [-0.15, -0.1) is 0 Å². The van der Waals surface area contributed by atoms with Crippen molar-refractivity contribution in [1.29, 1.82) is 0 Å². The van der Waals surface area contributed by atoms with Gasteiger partial charge in [-0.2, -0.15) is 12.6 Å². The number of carbonyl (C=O) groups excluding carboxylic acids is 1. The molecule has 1 rings (SSSR count). The lowest BCUT2D eigenvalue weighted by Gasteiger charge is -2.22. The fourth-order valence-corrected chi connectivity index (χ4v) is 3.37. The zero-order chi connectivity index (χ0) is 13.8. The van der Waals surface area contributed by atoms with E-state index in [2.05, 4.69) is 17.4 Å². The molecule has 1 aromatic rings. The molecule has 0 aromatic heterocycles. The van der Waals surface area contributed by atoms with Gasteiger partial charge in [-0.05, 0) is 12.1 Å². The molecule has 0 bridgehead atoms. The molecule has 18 heavy (non-hydrogen) atoms. The summed E-state index contributed by atoms with van der Waals surface area (Å²) in [4.78, 5) is 10.9. The molecule has 1 aromatic carbocycles. The summed E-state index contributed by atoms with van der Waals surface area (Å²) in [5.74, 6) is -1.56.